The number of aliphatic carboxylic acids is 1. The third kappa shape index (κ3) is 6.64. The van der Waals surface area contributed by atoms with Gasteiger partial charge in [0.05, 0.1) is 30.1 Å². The Hall–Kier alpha value is -4.20. The normalized spacial score (nSPS) is 13.9. The summed E-state index contributed by atoms with van der Waals surface area (Å²) >= 11 is 6.24. The Morgan fingerprint density at radius 1 is 1.00 bits per heavy atom. The molecule has 1 aliphatic carbocycles. The van der Waals surface area contributed by atoms with E-state index >= 15 is 0 Å². The molecule has 2 amide bonds. The number of pyridine rings is 1. The van der Waals surface area contributed by atoms with Crippen molar-refractivity contribution in [2.75, 3.05) is 5.32 Å². The van der Waals surface area contributed by atoms with Gasteiger partial charge in [0.15, 0.2) is 5.69 Å². The maximum Gasteiger partial charge on any atom is 0.416 e. The number of hydrogen-bond acceptors (Lipinski definition) is 4. The third-order valence-electron chi connectivity index (χ3n) is 6.72. The molecular formula is C27H22ClF6N3O5. The van der Waals surface area contributed by atoms with Crippen molar-refractivity contribution in [1.82, 2.24) is 9.88 Å². The summed E-state index contributed by atoms with van der Waals surface area (Å²) in [4.78, 5) is 37.8. The summed E-state index contributed by atoms with van der Waals surface area (Å²) < 4.78 is 81.5. The fraction of sp³-hybridized carbons (Fsp3) is 0.296. The van der Waals surface area contributed by atoms with E-state index in [1.54, 1.807) is 24.3 Å². The molecular weight excluding hydrogens is 596 g/mol. The standard InChI is InChI=1S/C27H22ClF6N3O5/c28-18-6-2-1-4-13(18)12-37-20-7-3-5-17(20)23(40)22(24(37)41)36-25(42)35-19(11-21(38)39)14-8-15(26(29,30)31)10-16(9-14)27(32,33)34/h1-2,4,6,8-10,19,40H,3,5,7,11-12H2,(H,38,39)(H2,35,36,42)/t19-/m0/s1. The van der Waals surface area contributed by atoms with E-state index in [0.29, 0.717) is 53.2 Å². The van der Waals surface area contributed by atoms with Gasteiger partial charge in [0.1, 0.15) is 5.75 Å². The SMILES string of the molecule is O=C(O)C[C@H](NC(=O)Nc1c(O)c2c(n(Cc3ccccc3Cl)c1=O)CCC2)c1cc(C(F)(F)F)cc(C(F)(F)F)c1. The van der Waals surface area contributed by atoms with Crippen molar-refractivity contribution in [3.8, 4) is 5.75 Å². The number of nitrogens with zero attached hydrogens (tertiary/aromatic N) is 1. The average molecular weight is 618 g/mol. The highest BCUT2D eigenvalue weighted by molar-refractivity contribution is 6.31. The van der Waals surface area contributed by atoms with E-state index in [2.05, 4.69) is 5.32 Å². The molecule has 0 saturated heterocycles. The van der Waals surface area contributed by atoms with Gasteiger partial charge in [-0.2, -0.15) is 26.3 Å². The number of rotatable bonds is 7. The van der Waals surface area contributed by atoms with Crippen LogP contribution in [-0.2, 0) is 36.5 Å². The van der Waals surface area contributed by atoms with Gasteiger partial charge in [0, 0.05) is 16.3 Å². The van der Waals surface area contributed by atoms with Crippen LogP contribution in [0, 0.1) is 0 Å². The summed E-state index contributed by atoms with van der Waals surface area (Å²) in [7, 11) is 0. The molecule has 1 heterocycles. The number of carbonyl (C=O) groups is 2. The molecule has 0 fully saturated rings. The number of halogens is 7. The number of carboxylic acid groups (broad SMARTS) is 1. The summed E-state index contributed by atoms with van der Waals surface area (Å²) in [6.07, 6.45) is -10.2. The van der Waals surface area contributed by atoms with Crippen LogP contribution >= 0.6 is 11.6 Å². The summed E-state index contributed by atoms with van der Waals surface area (Å²) in [6.45, 7) is -0.0243. The largest absolute Gasteiger partial charge is 0.505 e. The minimum absolute atomic E-state index is 0.0243. The van der Waals surface area contributed by atoms with Gasteiger partial charge in [-0.05, 0) is 54.7 Å². The molecule has 0 spiro atoms. The number of nitrogens with one attached hydrogen (secondary N) is 2. The van der Waals surface area contributed by atoms with Gasteiger partial charge in [0.2, 0.25) is 0 Å². The lowest BCUT2D eigenvalue weighted by Gasteiger charge is -2.22. The minimum atomic E-state index is -5.21. The van der Waals surface area contributed by atoms with E-state index in [0.717, 1.165) is 0 Å². The van der Waals surface area contributed by atoms with E-state index in [9.17, 15) is 50.9 Å². The van der Waals surface area contributed by atoms with Crippen LogP contribution in [0.5, 0.6) is 5.75 Å². The smallest absolute Gasteiger partial charge is 0.416 e. The van der Waals surface area contributed by atoms with E-state index < -0.39 is 70.5 Å². The van der Waals surface area contributed by atoms with E-state index in [1.165, 1.54) is 4.57 Å². The minimum Gasteiger partial charge on any atom is -0.505 e. The number of aromatic hydroxyl groups is 1. The molecule has 0 saturated carbocycles. The van der Waals surface area contributed by atoms with Crippen molar-refractivity contribution in [2.24, 2.45) is 0 Å². The second-order valence-corrected chi connectivity index (χ2v) is 9.98. The summed E-state index contributed by atoms with van der Waals surface area (Å²) in [6, 6.07) is 3.89. The Balaban J connectivity index is 1.71. The highest BCUT2D eigenvalue weighted by Gasteiger charge is 2.38. The number of urea groups is 1. The molecule has 1 aliphatic rings. The number of aromatic nitrogens is 1. The van der Waals surface area contributed by atoms with Crippen LogP contribution in [0.1, 0.15) is 52.4 Å². The van der Waals surface area contributed by atoms with Crippen molar-refractivity contribution in [3.63, 3.8) is 0 Å². The Morgan fingerprint density at radius 2 is 1.62 bits per heavy atom. The van der Waals surface area contributed by atoms with Crippen LogP contribution in [0.2, 0.25) is 5.02 Å². The number of carbonyl (C=O) groups excluding carboxylic acids is 1. The van der Waals surface area contributed by atoms with Crippen LogP contribution in [0.25, 0.3) is 0 Å². The molecule has 15 heteroatoms. The molecule has 0 bridgehead atoms. The molecule has 1 atom stereocenters. The molecule has 4 rings (SSSR count). The Kier molecular flexibility index (Phi) is 8.48. The molecule has 2 aromatic carbocycles. The first kappa shape index (κ1) is 30.8. The highest BCUT2D eigenvalue weighted by Crippen LogP contribution is 2.38. The van der Waals surface area contributed by atoms with Crippen LogP contribution in [0.15, 0.2) is 47.3 Å². The molecule has 4 N–H and O–H groups in total. The lowest BCUT2D eigenvalue weighted by atomic mass is 9.97. The van der Waals surface area contributed by atoms with Gasteiger partial charge >= 0.3 is 24.4 Å². The average Bonchev–Trinajstić information content (AvgIpc) is 3.38. The fourth-order valence-corrected chi connectivity index (χ4v) is 4.98. The zero-order valence-corrected chi connectivity index (χ0v) is 22.1. The number of alkyl halides is 6. The summed E-state index contributed by atoms with van der Waals surface area (Å²) in [5, 5.41) is 24.6. The second-order valence-electron chi connectivity index (χ2n) is 9.57. The Labute approximate surface area is 238 Å². The molecule has 42 heavy (non-hydrogen) atoms. The highest BCUT2D eigenvalue weighted by atomic mass is 35.5. The Morgan fingerprint density at radius 3 is 2.19 bits per heavy atom. The van der Waals surface area contributed by atoms with Crippen LogP contribution in [0.4, 0.5) is 36.8 Å². The number of anilines is 1. The molecule has 224 valence electrons. The zero-order chi connectivity index (χ0) is 31.0. The predicted molar refractivity (Wildman–Crippen MR) is 139 cm³/mol. The molecule has 8 nitrogen and oxygen atoms in total. The first-order valence-electron chi connectivity index (χ1n) is 12.4. The lowest BCUT2D eigenvalue weighted by Crippen LogP contribution is -2.37. The summed E-state index contributed by atoms with van der Waals surface area (Å²) in [5.41, 5.74) is -4.22. The number of fused-ring (bicyclic) bond motifs is 1. The molecule has 0 aliphatic heterocycles. The lowest BCUT2D eigenvalue weighted by molar-refractivity contribution is -0.143. The molecule has 3 aromatic rings. The quantitative estimate of drug-likeness (QED) is 0.238. The van der Waals surface area contributed by atoms with Gasteiger partial charge in [-0.25, -0.2) is 4.79 Å². The zero-order valence-electron chi connectivity index (χ0n) is 21.4. The van der Waals surface area contributed by atoms with Crippen LogP contribution in [-0.4, -0.2) is 26.8 Å². The topological polar surface area (TPSA) is 121 Å². The van der Waals surface area contributed by atoms with Gasteiger partial charge in [-0.3, -0.25) is 9.59 Å². The van der Waals surface area contributed by atoms with Gasteiger partial charge < -0.3 is 25.4 Å². The number of amides is 2. The third-order valence-corrected chi connectivity index (χ3v) is 7.09. The number of benzene rings is 2. The maximum absolute atomic E-state index is 13.4. The second kappa shape index (κ2) is 11.6. The first-order chi connectivity index (χ1) is 19.6. The van der Waals surface area contributed by atoms with Crippen molar-refractivity contribution in [1.29, 1.82) is 0 Å². The van der Waals surface area contributed by atoms with Crippen molar-refractivity contribution in [2.45, 2.75) is 50.6 Å². The van der Waals surface area contributed by atoms with Gasteiger partial charge in [-0.1, -0.05) is 29.8 Å². The Bertz CT molecular complexity index is 1570. The van der Waals surface area contributed by atoms with E-state index in [1.807, 2.05) is 5.32 Å². The van der Waals surface area contributed by atoms with Crippen molar-refractivity contribution in [3.05, 3.63) is 91.4 Å². The van der Waals surface area contributed by atoms with Crippen LogP contribution < -0.4 is 16.2 Å². The van der Waals surface area contributed by atoms with Crippen molar-refractivity contribution >= 4 is 29.3 Å². The monoisotopic (exact) mass is 617 g/mol. The van der Waals surface area contributed by atoms with Crippen LogP contribution in [0.3, 0.4) is 0 Å². The predicted octanol–water partition coefficient (Wildman–Crippen LogP) is 6.12. The first-order valence-corrected chi connectivity index (χ1v) is 12.7. The molecule has 0 unspecified atom stereocenters. The summed E-state index contributed by atoms with van der Waals surface area (Å²) in [5.74, 6) is -2.19. The van der Waals surface area contributed by atoms with Gasteiger partial charge in [-0.15, -0.1) is 0 Å². The molecule has 0 radical (unpaired) electrons. The number of hydrogen-bond donors (Lipinski definition) is 4. The van der Waals surface area contributed by atoms with E-state index in [4.69, 9.17) is 11.6 Å². The maximum atomic E-state index is 13.4. The van der Waals surface area contributed by atoms with E-state index in [-0.39, 0.29) is 12.6 Å². The van der Waals surface area contributed by atoms with Crippen molar-refractivity contribution < 1.29 is 46.1 Å². The van der Waals surface area contributed by atoms with Gasteiger partial charge in [0.25, 0.3) is 5.56 Å². The fourth-order valence-electron chi connectivity index (χ4n) is 4.78. The molecule has 1 aromatic heterocycles. The number of carboxylic acids is 1.